The van der Waals surface area contributed by atoms with Crippen LogP contribution in [0, 0.1) is 0 Å². The molecule has 1 amide bonds. The van der Waals surface area contributed by atoms with Crippen LogP contribution in [0.3, 0.4) is 0 Å². The third-order valence-electron chi connectivity index (χ3n) is 4.83. The van der Waals surface area contributed by atoms with E-state index in [0.717, 1.165) is 27.9 Å². The molecule has 0 aliphatic heterocycles. The Kier molecular flexibility index (Phi) is 4.33. The van der Waals surface area contributed by atoms with Crippen molar-refractivity contribution in [1.29, 1.82) is 0 Å². The quantitative estimate of drug-likeness (QED) is 0.492. The number of methoxy groups -OCH3 is 1. The Labute approximate surface area is 171 Å². The zero-order chi connectivity index (χ0) is 20.5. The monoisotopic (exact) mass is 395 g/mol. The molecule has 7 nitrogen and oxygen atoms in total. The fraction of sp³-hybridized carbons (Fsp3) is 0.0435. The summed E-state index contributed by atoms with van der Waals surface area (Å²) in [6.07, 6.45) is 1.71. The SMILES string of the molecule is COc1ccc(-n2nc3ccc(NC(=O)c4cccc5ncccc45)cc3n2)cc1. The summed E-state index contributed by atoms with van der Waals surface area (Å²) in [7, 11) is 1.63. The molecule has 0 saturated heterocycles. The molecule has 5 aromatic rings. The second kappa shape index (κ2) is 7.29. The molecule has 2 heterocycles. The van der Waals surface area contributed by atoms with Crippen molar-refractivity contribution in [3.8, 4) is 11.4 Å². The smallest absolute Gasteiger partial charge is 0.256 e. The van der Waals surface area contributed by atoms with Crippen LogP contribution >= 0.6 is 0 Å². The van der Waals surface area contributed by atoms with E-state index in [2.05, 4.69) is 20.5 Å². The Morgan fingerprint density at radius 1 is 0.900 bits per heavy atom. The first-order chi connectivity index (χ1) is 14.7. The van der Waals surface area contributed by atoms with E-state index >= 15 is 0 Å². The number of carbonyl (C=O) groups is 1. The molecule has 0 aliphatic rings. The maximum absolute atomic E-state index is 12.9. The van der Waals surface area contributed by atoms with Gasteiger partial charge in [-0.15, -0.1) is 10.2 Å². The first-order valence-electron chi connectivity index (χ1n) is 9.38. The first-order valence-corrected chi connectivity index (χ1v) is 9.38. The first kappa shape index (κ1) is 17.8. The summed E-state index contributed by atoms with van der Waals surface area (Å²) in [5.74, 6) is 0.569. The second-order valence-electron chi connectivity index (χ2n) is 6.72. The second-order valence-corrected chi connectivity index (χ2v) is 6.72. The lowest BCUT2D eigenvalue weighted by Crippen LogP contribution is -2.12. The van der Waals surface area contributed by atoms with Gasteiger partial charge < -0.3 is 10.1 Å². The predicted octanol–water partition coefficient (Wildman–Crippen LogP) is 4.23. The number of anilines is 1. The molecule has 146 valence electrons. The molecular formula is C23H17N5O2. The topological polar surface area (TPSA) is 81.9 Å². The van der Waals surface area contributed by atoms with Crippen molar-refractivity contribution >= 4 is 33.5 Å². The number of nitrogens with one attached hydrogen (secondary N) is 1. The highest BCUT2D eigenvalue weighted by atomic mass is 16.5. The van der Waals surface area contributed by atoms with Gasteiger partial charge >= 0.3 is 0 Å². The van der Waals surface area contributed by atoms with E-state index in [-0.39, 0.29) is 5.91 Å². The number of aromatic nitrogens is 4. The largest absolute Gasteiger partial charge is 0.497 e. The van der Waals surface area contributed by atoms with Gasteiger partial charge in [-0.3, -0.25) is 9.78 Å². The normalized spacial score (nSPS) is 11.0. The average Bonchev–Trinajstić information content (AvgIpc) is 3.22. The fourth-order valence-corrected chi connectivity index (χ4v) is 3.32. The lowest BCUT2D eigenvalue weighted by atomic mass is 10.1. The number of amides is 1. The van der Waals surface area contributed by atoms with E-state index in [4.69, 9.17) is 4.74 Å². The molecule has 2 aromatic heterocycles. The maximum atomic E-state index is 12.9. The number of nitrogens with zero attached hydrogens (tertiary/aromatic N) is 4. The number of ether oxygens (including phenoxy) is 1. The van der Waals surface area contributed by atoms with Crippen molar-refractivity contribution in [2.24, 2.45) is 0 Å². The van der Waals surface area contributed by atoms with Gasteiger partial charge in [-0.25, -0.2) is 0 Å². The highest BCUT2D eigenvalue weighted by molar-refractivity contribution is 6.12. The fourth-order valence-electron chi connectivity index (χ4n) is 3.32. The minimum absolute atomic E-state index is 0.199. The van der Waals surface area contributed by atoms with Crippen LogP contribution in [0.5, 0.6) is 5.75 Å². The van der Waals surface area contributed by atoms with Gasteiger partial charge in [0, 0.05) is 22.8 Å². The summed E-state index contributed by atoms with van der Waals surface area (Å²) < 4.78 is 5.19. The van der Waals surface area contributed by atoms with Crippen LogP contribution < -0.4 is 10.1 Å². The molecule has 3 aromatic carbocycles. The van der Waals surface area contributed by atoms with Crippen LogP contribution in [-0.4, -0.2) is 33.0 Å². The Bertz CT molecular complexity index is 1370. The molecule has 0 saturated carbocycles. The molecule has 0 radical (unpaired) electrons. The predicted molar refractivity (Wildman–Crippen MR) is 115 cm³/mol. The summed E-state index contributed by atoms with van der Waals surface area (Å²) in [5.41, 5.74) is 4.24. The Morgan fingerprint density at radius 2 is 1.73 bits per heavy atom. The third kappa shape index (κ3) is 3.22. The Balaban J connectivity index is 1.44. The molecule has 30 heavy (non-hydrogen) atoms. The van der Waals surface area contributed by atoms with Gasteiger partial charge in [0.15, 0.2) is 0 Å². The summed E-state index contributed by atoms with van der Waals surface area (Å²) in [6.45, 7) is 0. The Morgan fingerprint density at radius 3 is 2.57 bits per heavy atom. The van der Waals surface area contributed by atoms with Crippen LogP contribution in [0.4, 0.5) is 5.69 Å². The van der Waals surface area contributed by atoms with Crippen LogP contribution in [0.25, 0.3) is 27.6 Å². The van der Waals surface area contributed by atoms with Crippen molar-refractivity contribution < 1.29 is 9.53 Å². The number of benzene rings is 3. The van der Waals surface area contributed by atoms with Crippen molar-refractivity contribution in [2.45, 2.75) is 0 Å². The lowest BCUT2D eigenvalue weighted by Gasteiger charge is -2.07. The highest BCUT2D eigenvalue weighted by Gasteiger charge is 2.12. The average molecular weight is 395 g/mol. The van der Waals surface area contributed by atoms with E-state index in [1.165, 1.54) is 0 Å². The van der Waals surface area contributed by atoms with Crippen LogP contribution in [0.1, 0.15) is 10.4 Å². The van der Waals surface area contributed by atoms with Gasteiger partial charge in [-0.1, -0.05) is 12.1 Å². The van der Waals surface area contributed by atoms with Gasteiger partial charge in [0.2, 0.25) is 0 Å². The molecule has 0 unspecified atom stereocenters. The summed E-state index contributed by atoms with van der Waals surface area (Å²) in [5, 5.41) is 12.8. The molecule has 0 bridgehead atoms. The van der Waals surface area contributed by atoms with Crippen LogP contribution in [-0.2, 0) is 0 Å². The summed E-state index contributed by atoms with van der Waals surface area (Å²) in [6, 6.07) is 22.2. The van der Waals surface area contributed by atoms with E-state index in [1.807, 2.05) is 66.7 Å². The van der Waals surface area contributed by atoms with Gasteiger partial charge in [0.1, 0.15) is 16.8 Å². The molecular weight excluding hydrogens is 378 g/mol. The number of hydrogen-bond acceptors (Lipinski definition) is 5. The van der Waals surface area contributed by atoms with Gasteiger partial charge in [0.25, 0.3) is 5.91 Å². The van der Waals surface area contributed by atoms with E-state index in [1.54, 1.807) is 24.2 Å². The molecule has 0 atom stereocenters. The van der Waals surface area contributed by atoms with Crippen LogP contribution in [0.2, 0.25) is 0 Å². The minimum atomic E-state index is -0.199. The molecule has 0 spiro atoms. The number of carbonyl (C=O) groups excluding carboxylic acids is 1. The number of rotatable bonds is 4. The van der Waals surface area contributed by atoms with Gasteiger partial charge in [0.05, 0.1) is 18.3 Å². The molecule has 0 fully saturated rings. The molecule has 1 N–H and O–H groups in total. The number of hydrogen-bond donors (Lipinski definition) is 1. The van der Waals surface area contributed by atoms with Crippen molar-refractivity contribution in [1.82, 2.24) is 20.0 Å². The number of fused-ring (bicyclic) bond motifs is 2. The van der Waals surface area contributed by atoms with Crippen molar-refractivity contribution in [2.75, 3.05) is 12.4 Å². The zero-order valence-corrected chi connectivity index (χ0v) is 16.1. The molecule has 5 rings (SSSR count). The summed E-state index contributed by atoms with van der Waals surface area (Å²) >= 11 is 0. The third-order valence-corrected chi connectivity index (χ3v) is 4.83. The van der Waals surface area contributed by atoms with E-state index in [0.29, 0.717) is 16.8 Å². The minimum Gasteiger partial charge on any atom is -0.497 e. The van der Waals surface area contributed by atoms with Crippen LogP contribution in [0.15, 0.2) is 79.0 Å². The van der Waals surface area contributed by atoms with Gasteiger partial charge in [-0.2, -0.15) is 4.80 Å². The number of pyridine rings is 1. The molecule has 0 aliphatic carbocycles. The lowest BCUT2D eigenvalue weighted by molar-refractivity contribution is 0.102. The van der Waals surface area contributed by atoms with E-state index < -0.39 is 0 Å². The van der Waals surface area contributed by atoms with Crippen molar-refractivity contribution in [3.63, 3.8) is 0 Å². The van der Waals surface area contributed by atoms with Gasteiger partial charge in [-0.05, 0) is 60.7 Å². The molecule has 7 heteroatoms. The van der Waals surface area contributed by atoms with Crippen molar-refractivity contribution in [3.05, 3.63) is 84.6 Å². The standard InChI is InChI=1S/C23H17N5O2/c1-30-17-10-8-16(9-11-17)28-26-21-12-7-15(14-22(21)27-28)25-23(29)19-4-2-6-20-18(19)5-3-13-24-20/h2-14H,1H3,(H,25,29). The Hall–Kier alpha value is -4.26. The van der Waals surface area contributed by atoms with E-state index in [9.17, 15) is 4.79 Å². The maximum Gasteiger partial charge on any atom is 0.256 e. The highest BCUT2D eigenvalue weighted by Crippen LogP contribution is 2.21. The zero-order valence-electron chi connectivity index (χ0n) is 16.1. The summed E-state index contributed by atoms with van der Waals surface area (Å²) in [4.78, 5) is 18.7.